The molecular weight excluding hydrogens is 424 g/mol. The Morgan fingerprint density at radius 3 is 2.39 bits per heavy atom. The zero-order chi connectivity index (χ0) is 23.8. The Labute approximate surface area is 209 Å². The first-order valence-electron chi connectivity index (χ1n) is 14.4. The molecule has 9 atom stereocenters. The third-order valence-electron chi connectivity index (χ3n) is 11.4. The first kappa shape index (κ1) is 25.9. The van der Waals surface area contributed by atoms with Gasteiger partial charge in [-0.15, -0.1) is 0 Å². The van der Waals surface area contributed by atoms with E-state index in [1.54, 1.807) is 11.8 Å². The van der Waals surface area contributed by atoms with Gasteiger partial charge in [-0.2, -0.15) is 11.8 Å². The van der Waals surface area contributed by atoms with E-state index in [9.17, 15) is 4.79 Å². The van der Waals surface area contributed by atoms with Crippen molar-refractivity contribution in [2.45, 2.75) is 118 Å². The molecular formula is C30H52O2S. The van der Waals surface area contributed by atoms with Crippen molar-refractivity contribution in [3.8, 4) is 0 Å². The molecule has 0 heterocycles. The topological polar surface area (TPSA) is 26.3 Å². The second kappa shape index (κ2) is 10.4. The molecule has 4 aliphatic rings. The molecule has 0 radical (unpaired) electrons. The molecule has 190 valence electrons. The van der Waals surface area contributed by atoms with E-state index in [4.69, 9.17) is 4.74 Å². The van der Waals surface area contributed by atoms with E-state index in [2.05, 4.69) is 34.6 Å². The summed E-state index contributed by atoms with van der Waals surface area (Å²) in [6, 6.07) is 0. The summed E-state index contributed by atoms with van der Waals surface area (Å²) in [6.07, 6.45) is 18.6. The molecule has 0 amide bonds. The molecule has 4 saturated carbocycles. The highest BCUT2D eigenvalue weighted by atomic mass is 32.2. The second-order valence-corrected chi connectivity index (χ2v) is 14.4. The summed E-state index contributed by atoms with van der Waals surface area (Å²) < 4.78 is 5.87. The van der Waals surface area contributed by atoms with Crippen LogP contribution in [0, 0.1) is 52.3 Å². The monoisotopic (exact) mass is 476 g/mol. The molecule has 4 aliphatic carbocycles. The standard InChI is InChI=1S/C30H52O2S/c1-20(2)8-7-9-21(3)25-12-13-26-24-11-10-22-18-23(32-28(31)19-33-6)14-16-29(22,4)27(24)15-17-30(25,26)5/h20-27H,7-19H2,1-6H3. The zero-order valence-corrected chi connectivity index (χ0v) is 23.4. The van der Waals surface area contributed by atoms with Crippen molar-refractivity contribution >= 4 is 17.7 Å². The number of carbonyl (C=O) groups excluding carboxylic acids is 1. The predicted octanol–water partition coefficient (Wildman–Crippen LogP) is 8.38. The van der Waals surface area contributed by atoms with Crippen molar-refractivity contribution in [3.05, 3.63) is 0 Å². The van der Waals surface area contributed by atoms with Crippen molar-refractivity contribution in [2.75, 3.05) is 12.0 Å². The molecule has 0 aromatic rings. The van der Waals surface area contributed by atoms with Crippen LogP contribution < -0.4 is 0 Å². The van der Waals surface area contributed by atoms with E-state index in [0.29, 0.717) is 16.6 Å². The van der Waals surface area contributed by atoms with Crippen LogP contribution in [0.5, 0.6) is 0 Å². The molecule has 0 aromatic heterocycles. The molecule has 0 N–H and O–H groups in total. The van der Waals surface area contributed by atoms with Gasteiger partial charge < -0.3 is 4.74 Å². The second-order valence-electron chi connectivity index (χ2n) is 13.5. The highest BCUT2D eigenvalue weighted by Gasteiger charge is 2.60. The van der Waals surface area contributed by atoms with E-state index < -0.39 is 0 Å². The minimum absolute atomic E-state index is 0.00210. The first-order chi connectivity index (χ1) is 15.7. The van der Waals surface area contributed by atoms with Crippen LogP contribution in [0.1, 0.15) is 112 Å². The molecule has 0 saturated heterocycles. The van der Waals surface area contributed by atoms with Crippen LogP contribution in [0.3, 0.4) is 0 Å². The molecule has 0 aliphatic heterocycles. The molecule has 4 rings (SSSR count). The first-order valence-corrected chi connectivity index (χ1v) is 15.8. The van der Waals surface area contributed by atoms with Gasteiger partial charge in [-0.3, -0.25) is 4.79 Å². The minimum atomic E-state index is -0.00210. The Balaban J connectivity index is 1.40. The highest BCUT2D eigenvalue weighted by molar-refractivity contribution is 7.99. The number of thioether (sulfide) groups is 1. The summed E-state index contributed by atoms with van der Waals surface area (Å²) in [5, 5.41) is 0. The molecule has 33 heavy (non-hydrogen) atoms. The van der Waals surface area contributed by atoms with Crippen molar-refractivity contribution < 1.29 is 9.53 Å². The normalized spacial score (nSPS) is 43.5. The number of hydrogen-bond donors (Lipinski definition) is 0. The number of esters is 1. The van der Waals surface area contributed by atoms with Gasteiger partial charge in [0.15, 0.2) is 0 Å². The number of ether oxygens (including phenoxy) is 1. The fourth-order valence-electron chi connectivity index (χ4n) is 9.69. The third-order valence-corrected chi connectivity index (χ3v) is 11.9. The van der Waals surface area contributed by atoms with Gasteiger partial charge in [0.2, 0.25) is 0 Å². The highest BCUT2D eigenvalue weighted by Crippen LogP contribution is 2.68. The maximum absolute atomic E-state index is 12.1. The molecule has 9 unspecified atom stereocenters. The third kappa shape index (κ3) is 5.05. The molecule has 4 fully saturated rings. The lowest BCUT2D eigenvalue weighted by atomic mass is 9.44. The van der Waals surface area contributed by atoms with Crippen LogP contribution in [0.25, 0.3) is 0 Å². The quantitative estimate of drug-likeness (QED) is 0.329. The van der Waals surface area contributed by atoms with Crippen molar-refractivity contribution in [1.82, 2.24) is 0 Å². The molecule has 0 spiro atoms. The van der Waals surface area contributed by atoms with Gasteiger partial charge in [-0.25, -0.2) is 0 Å². The SMILES string of the molecule is CSCC(=O)OC1CCC2(C)C(CCC3C2CCC2(C)C(C(C)CCCC(C)C)CCC32)C1. The Bertz CT molecular complexity index is 676. The van der Waals surface area contributed by atoms with Crippen LogP contribution in [0.2, 0.25) is 0 Å². The number of rotatable bonds is 8. The van der Waals surface area contributed by atoms with E-state index in [0.717, 1.165) is 54.3 Å². The minimum Gasteiger partial charge on any atom is -0.462 e. The van der Waals surface area contributed by atoms with Gasteiger partial charge >= 0.3 is 5.97 Å². The van der Waals surface area contributed by atoms with Crippen LogP contribution in [0.4, 0.5) is 0 Å². The number of carbonyl (C=O) groups is 1. The predicted molar refractivity (Wildman–Crippen MR) is 141 cm³/mol. The molecule has 0 aromatic carbocycles. The summed E-state index contributed by atoms with van der Waals surface area (Å²) in [4.78, 5) is 12.1. The van der Waals surface area contributed by atoms with Gasteiger partial charge in [0, 0.05) is 0 Å². The van der Waals surface area contributed by atoms with Crippen molar-refractivity contribution in [2.24, 2.45) is 52.3 Å². The van der Waals surface area contributed by atoms with E-state index in [1.165, 1.54) is 64.2 Å². The summed E-state index contributed by atoms with van der Waals surface area (Å²) in [7, 11) is 0. The lowest BCUT2D eigenvalue weighted by Crippen LogP contribution is -2.54. The molecule has 2 nitrogen and oxygen atoms in total. The van der Waals surface area contributed by atoms with Gasteiger partial charge in [-0.1, -0.05) is 53.9 Å². The summed E-state index contributed by atoms with van der Waals surface area (Å²) in [5.41, 5.74) is 1.07. The number of hydrogen-bond acceptors (Lipinski definition) is 3. The van der Waals surface area contributed by atoms with Crippen LogP contribution in [-0.2, 0) is 9.53 Å². The van der Waals surface area contributed by atoms with E-state index >= 15 is 0 Å². The van der Waals surface area contributed by atoms with Gasteiger partial charge in [0.1, 0.15) is 6.10 Å². The van der Waals surface area contributed by atoms with E-state index in [1.807, 2.05) is 6.26 Å². The molecule has 0 bridgehead atoms. The number of fused-ring (bicyclic) bond motifs is 5. The fourth-order valence-corrected chi connectivity index (χ4v) is 9.99. The van der Waals surface area contributed by atoms with Gasteiger partial charge in [0.05, 0.1) is 5.75 Å². The van der Waals surface area contributed by atoms with Gasteiger partial charge in [-0.05, 0) is 116 Å². The van der Waals surface area contributed by atoms with Crippen LogP contribution in [-0.4, -0.2) is 24.1 Å². The average molecular weight is 477 g/mol. The average Bonchev–Trinajstić information content (AvgIpc) is 3.11. The van der Waals surface area contributed by atoms with Crippen molar-refractivity contribution in [1.29, 1.82) is 0 Å². The zero-order valence-electron chi connectivity index (χ0n) is 22.5. The Morgan fingerprint density at radius 2 is 1.67 bits per heavy atom. The fraction of sp³-hybridized carbons (Fsp3) is 0.967. The van der Waals surface area contributed by atoms with Gasteiger partial charge in [0.25, 0.3) is 0 Å². The Kier molecular flexibility index (Phi) is 8.19. The van der Waals surface area contributed by atoms with Crippen LogP contribution in [0.15, 0.2) is 0 Å². The van der Waals surface area contributed by atoms with E-state index in [-0.39, 0.29) is 12.1 Å². The summed E-state index contributed by atoms with van der Waals surface area (Å²) >= 11 is 1.58. The Morgan fingerprint density at radius 1 is 0.939 bits per heavy atom. The maximum atomic E-state index is 12.1. The lowest BCUT2D eigenvalue weighted by Gasteiger charge is -2.61. The summed E-state index contributed by atoms with van der Waals surface area (Å²) in [5.74, 6) is 6.78. The largest absolute Gasteiger partial charge is 0.462 e. The lowest BCUT2D eigenvalue weighted by molar-refractivity contribution is -0.160. The Hall–Kier alpha value is -0.180. The molecule has 3 heteroatoms. The smallest absolute Gasteiger partial charge is 0.316 e. The van der Waals surface area contributed by atoms with Crippen LogP contribution >= 0.6 is 11.8 Å². The maximum Gasteiger partial charge on any atom is 0.316 e. The van der Waals surface area contributed by atoms with Crippen molar-refractivity contribution in [3.63, 3.8) is 0 Å². The summed E-state index contributed by atoms with van der Waals surface area (Å²) in [6.45, 7) is 12.7.